The quantitative estimate of drug-likeness (QED) is 0.643. The van der Waals surface area contributed by atoms with E-state index in [1.54, 1.807) is 0 Å². The molecule has 14 heavy (non-hydrogen) atoms. The molecule has 1 unspecified atom stereocenters. The van der Waals surface area contributed by atoms with Crippen LogP contribution in [0.15, 0.2) is 0 Å². The first kappa shape index (κ1) is 12.0. The first-order valence-corrected chi connectivity index (χ1v) is 6.15. The third kappa shape index (κ3) is 2.71. The van der Waals surface area contributed by atoms with Gasteiger partial charge in [0.1, 0.15) is 0 Å². The van der Waals surface area contributed by atoms with Crippen LogP contribution >= 0.6 is 0 Å². The van der Waals surface area contributed by atoms with E-state index in [2.05, 4.69) is 11.8 Å². The predicted octanol–water partition coefficient (Wildman–Crippen LogP) is 2.54. The largest absolute Gasteiger partial charge is 0.381 e. The number of piperidine rings is 1. The molecule has 2 saturated heterocycles. The summed E-state index contributed by atoms with van der Waals surface area (Å²) in [5, 5.41) is 0. The van der Waals surface area contributed by atoms with E-state index in [9.17, 15) is 0 Å². The van der Waals surface area contributed by atoms with Crippen molar-refractivity contribution in [2.45, 2.75) is 40.0 Å². The molecule has 2 rings (SSSR count). The summed E-state index contributed by atoms with van der Waals surface area (Å²) in [6.45, 7) is 12.1. The van der Waals surface area contributed by atoms with Gasteiger partial charge in [-0.2, -0.15) is 0 Å². The van der Waals surface area contributed by atoms with Gasteiger partial charge in [-0.1, -0.05) is 20.8 Å². The third-order valence-electron chi connectivity index (χ3n) is 3.37. The number of rotatable bonds is 1. The molecule has 84 valence electrons. The smallest absolute Gasteiger partial charge is 0.0535 e. The van der Waals surface area contributed by atoms with Crippen LogP contribution in [0.25, 0.3) is 0 Å². The van der Waals surface area contributed by atoms with Crippen LogP contribution in [0, 0.1) is 5.41 Å². The fourth-order valence-corrected chi connectivity index (χ4v) is 2.55. The third-order valence-corrected chi connectivity index (χ3v) is 3.37. The van der Waals surface area contributed by atoms with Gasteiger partial charge in [-0.3, -0.25) is 0 Å². The molecule has 0 bridgehead atoms. The van der Waals surface area contributed by atoms with E-state index >= 15 is 0 Å². The minimum Gasteiger partial charge on any atom is -0.381 e. The molecular formula is C12H25NO. The second-order valence-corrected chi connectivity index (χ2v) is 4.27. The van der Waals surface area contributed by atoms with Crippen molar-refractivity contribution >= 4 is 0 Å². The molecule has 2 heteroatoms. The van der Waals surface area contributed by atoms with Crippen LogP contribution in [0.2, 0.25) is 0 Å². The van der Waals surface area contributed by atoms with Crippen LogP contribution in [0.5, 0.6) is 0 Å². The normalized spacial score (nSPS) is 32.8. The highest BCUT2D eigenvalue weighted by molar-refractivity contribution is 4.89. The van der Waals surface area contributed by atoms with Gasteiger partial charge >= 0.3 is 0 Å². The van der Waals surface area contributed by atoms with Crippen molar-refractivity contribution in [1.82, 2.24) is 4.90 Å². The summed E-state index contributed by atoms with van der Waals surface area (Å²) in [6, 6.07) is 0. The van der Waals surface area contributed by atoms with Crippen LogP contribution in [0.4, 0.5) is 0 Å². The van der Waals surface area contributed by atoms with Crippen molar-refractivity contribution in [1.29, 1.82) is 0 Å². The summed E-state index contributed by atoms with van der Waals surface area (Å²) in [5.74, 6) is 0. The van der Waals surface area contributed by atoms with Gasteiger partial charge < -0.3 is 9.64 Å². The number of nitrogens with zero attached hydrogens (tertiary/aromatic N) is 1. The van der Waals surface area contributed by atoms with Crippen molar-refractivity contribution in [2.24, 2.45) is 5.41 Å². The fraction of sp³-hybridized carbons (Fsp3) is 1.00. The summed E-state index contributed by atoms with van der Waals surface area (Å²) >= 11 is 0. The Hall–Kier alpha value is -0.0800. The lowest BCUT2D eigenvalue weighted by Gasteiger charge is -2.38. The Morgan fingerprint density at radius 2 is 2.07 bits per heavy atom. The maximum absolute atomic E-state index is 5.50. The maximum atomic E-state index is 5.50. The van der Waals surface area contributed by atoms with Crippen LogP contribution in [-0.4, -0.2) is 37.7 Å². The van der Waals surface area contributed by atoms with Gasteiger partial charge in [0.25, 0.3) is 0 Å². The topological polar surface area (TPSA) is 12.5 Å². The summed E-state index contributed by atoms with van der Waals surface area (Å²) in [5.41, 5.74) is 0.550. The average molecular weight is 199 g/mol. The molecule has 0 saturated carbocycles. The molecule has 2 heterocycles. The van der Waals surface area contributed by atoms with E-state index in [1.807, 2.05) is 13.8 Å². The summed E-state index contributed by atoms with van der Waals surface area (Å²) < 4.78 is 5.50. The van der Waals surface area contributed by atoms with Crippen molar-refractivity contribution < 1.29 is 4.74 Å². The molecule has 2 nitrogen and oxygen atoms in total. The zero-order chi connectivity index (χ0) is 10.4. The highest BCUT2D eigenvalue weighted by Crippen LogP contribution is 2.37. The average Bonchev–Trinajstić information content (AvgIpc) is 2.69. The first-order valence-electron chi connectivity index (χ1n) is 6.15. The minimum absolute atomic E-state index is 0.550. The molecule has 0 aromatic heterocycles. The minimum atomic E-state index is 0.550. The van der Waals surface area contributed by atoms with Gasteiger partial charge in [-0.25, -0.2) is 0 Å². The van der Waals surface area contributed by atoms with E-state index < -0.39 is 0 Å². The zero-order valence-corrected chi connectivity index (χ0v) is 10.0. The van der Waals surface area contributed by atoms with Crippen molar-refractivity contribution in [3.63, 3.8) is 0 Å². The molecular weight excluding hydrogens is 174 g/mol. The van der Waals surface area contributed by atoms with E-state index in [0.717, 1.165) is 13.2 Å². The van der Waals surface area contributed by atoms with E-state index in [-0.39, 0.29) is 0 Å². The Kier molecular flexibility index (Phi) is 4.90. The second kappa shape index (κ2) is 5.72. The van der Waals surface area contributed by atoms with E-state index in [4.69, 9.17) is 4.74 Å². The molecule has 0 amide bonds. The zero-order valence-electron chi connectivity index (χ0n) is 10.0. The number of ether oxygens (including phenoxy) is 1. The fourth-order valence-electron chi connectivity index (χ4n) is 2.55. The lowest BCUT2D eigenvalue weighted by atomic mass is 9.79. The van der Waals surface area contributed by atoms with Crippen LogP contribution in [0.3, 0.4) is 0 Å². The van der Waals surface area contributed by atoms with Gasteiger partial charge in [0, 0.05) is 18.6 Å². The number of likely N-dealkylation sites (tertiary alicyclic amines) is 1. The molecule has 0 aromatic carbocycles. The second-order valence-electron chi connectivity index (χ2n) is 4.27. The van der Waals surface area contributed by atoms with Gasteiger partial charge in [0.15, 0.2) is 0 Å². The Morgan fingerprint density at radius 3 is 2.64 bits per heavy atom. The SMILES string of the molecule is CC.CCN1CCCC2(CCOC2)C1. The molecule has 2 aliphatic heterocycles. The first-order chi connectivity index (χ1) is 6.85. The maximum Gasteiger partial charge on any atom is 0.0535 e. The van der Waals surface area contributed by atoms with E-state index in [1.165, 1.54) is 38.9 Å². The Morgan fingerprint density at radius 1 is 1.29 bits per heavy atom. The molecule has 2 fully saturated rings. The lowest BCUT2D eigenvalue weighted by Crippen LogP contribution is -2.43. The molecule has 0 radical (unpaired) electrons. The molecule has 2 aliphatic rings. The molecule has 0 aromatic rings. The molecule has 0 N–H and O–H groups in total. The Bertz CT molecular complexity index is 152. The van der Waals surface area contributed by atoms with Crippen LogP contribution in [0.1, 0.15) is 40.0 Å². The van der Waals surface area contributed by atoms with Gasteiger partial charge in [-0.15, -0.1) is 0 Å². The summed E-state index contributed by atoms with van der Waals surface area (Å²) in [7, 11) is 0. The number of hydrogen-bond acceptors (Lipinski definition) is 2. The van der Waals surface area contributed by atoms with Crippen LogP contribution < -0.4 is 0 Å². The molecule has 0 aliphatic carbocycles. The summed E-state index contributed by atoms with van der Waals surface area (Å²) in [4.78, 5) is 2.57. The number of hydrogen-bond donors (Lipinski definition) is 0. The Labute approximate surface area is 88.6 Å². The van der Waals surface area contributed by atoms with Crippen LogP contribution in [-0.2, 0) is 4.74 Å². The van der Waals surface area contributed by atoms with Gasteiger partial charge in [0.05, 0.1) is 6.61 Å². The Balaban J connectivity index is 0.000000461. The highest BCUT2D eigenvalue weighted by atomic mass is 16.5. The molecule has 1 atom stereocenters. The van der Waals surface area contributed by atoms with Gasteiger partial charge in [0.2, 0.25) is 0 Å². The van der Waals surface area contributed by atoms with Crippen molar-refractivity contribution in [3.05, 3.63) is 0 Å². The predicted molar refractivity (Wildman–Crippen MR) is 60.6 cm³/mol. The van der Waals surface area contributed by atoms with E-state index in [0.29, 0.717) is 5.41 Å². The van der Waals surface area contributed by atoms with Crippen molar-refractivity contribution in [3.8, 4) is 0 Å². The lowest BCUT2D eigenvalue weighted by molar-refractivity contribution is 0.0716. The monoisotopic (exact) mass is 199 g/mol. The van der Waals surface area contributed by atoms with Crippen molar-refractivity contribution in [2.75, 3.05) is 32.8 Å². The van der Waals surface area contributed by atoms with Gasteiger partial charge in [-0.05, 0) is 32.4 Å². The summed E-state index contributed by atoms with van der Waals surface area (Å²) in [6.07, 6.45) is 4.06. The highest BCUT2D eigenvalue weighted by Gasteiger charge is 2.38. The standard InChI is InChI=1S/C10H19NO.C2H6/c1-2-11-6-3-4-10(8-11)5-7-12-9-10;1-2/h2-9H2,1H3;1-2H3. The molecule has 1 spiro atoms.